The highest BCUT2D eigenvalue weighted by molar-refractivity contribution is 7.92. The second-order valence-corrected chi connectivity index (χ2v) is 21.3. The number of likely N-dealkylation sites (tertiary alicyclic amines) is 1. The van der Waals surface area contributed by atoms with Crippen molar-refractivity contribution in [2.24, 2.45) is 23.2 Å². The molecule has 12 nitrogen and oxygen atoms in total. The predicted molar refractivity (Wildman–Crippen MR) is 213 cm³/mol. The topological polar surface area (TPSA) is 171 Å². The van der Waals surface area contributed by atoms with Crippen molar-refractivity contribution in [3.05, 3.63) is 48.0 Å². The van der Waals surface area contributed by atoms with E-state index in [9.17, 15) is 27.6 Å². The molecule has 55 heavy (non-hydrogen) atoms. The molecule has 4 aliphatic rings. The number of Topliss-reactive ketones (excluding diaryl/α,β-unsaturated/α-hetero) is 1. The number of nitrogens with one attached hydrogen (secondary N) is 4. The van der Waals surface area contributed by atoms with Crippen LogP contribution in [0.1, 0.15) is 110 Å². The van der Waals surface area contributed by atoms with Crippen LogP contribution in [0.4, 0.5) is 4.79 Å². The Bertz CT molecular complexity index is 1710. The van der Waals surface area contributed by atoms with E-state index in [-0.39, 0.29) is 36.6 Å². The van der Waals surface area contributed by atoms with Crippen LogP contribution in [0.3, 0.4) is 0 Å². The van der Waals surface area contributed by atoms with Gasteiger partial charge in [-0.15, -0.1) is 6.58 Å². The molecule has 1 saturated heterocycles. The van der Waals surface area contributed by atoms with Gasteiger partial charge < -0.3 is 26.2 Å². The molecule has 3 aliphatic carbocycles. The molecule has 3 fully saturated rings. The highest BCUT2D eigenvalue weighted by atomic mass is 32.2. The van der Waals surface area contributed by atoms with Gasteiger partial charge in [0.05, 0.1) is 22.1 Å². The zero-order valence-corrected chi connectivity index (χ0v) is 34.5. The Hall–Kier alpha value is -3.74. The molecule has 2 saturated carbocycles. The Morgan fingerprint density at radius 1 is 0.927 bits per heavy atom. The van der Waals surface area contributed by atoms with Crippen LogP contribution in [0.25, 0.3) is 0 Å². The van der Waals surface area contributed by atoms with Gasteiger partial charge in [0.15, 0.2) is 9.84 Å². The number of fused-ring (bicyclic) bond motifs is 1. The average molecular weight is 782 g/mol. The number of amides is 5. The first kappa shape index (κ1) is 42.4. The fraction of sp³-hybridized carbons (Fsp3) is 0.690. The molecule has 0 bridgehead atoms. The Labute approximate surface area is 327 Å². The van der Waals surface area contributed by atoms with Crippen molar-refractivity contribution in [3.8, 4) is 0 Å². The van der Waals surface area contributed by atoms with Gasteiger partial charge in [0.25, 0.3) is 5.91 Å². The molecule has 5 rings (SSSR count). The van der Waals surface area contributed by atoms with Gasteiger partial charge in [0, 0.05) is 13.1 Å². The number of carbonyl (C=O) groups is 5. The quantitative estimate of drug-likeness (QED) is 0.160. The van der Waals surface area contributed by atoms with Gasteiger partial charge in [-0.3, -0.25) is 19.2 Å². The largest absolute Gasteiger partial charge is 0.346 e. The minimum absolute atomic E-state index is 0.117. The van der Waals surface area contributed by atoms with E-state index in [0.717, 1.165) is 43.2 Å². The number of benzene rings is 1. The van der Waals surface area contributed by atoms with Gasteiger partial charge in [-0.1, -0.05) is 83.2 Å². The van der Waals surface area contributed by atoms with Gasteiger partial charge in [-0.2, -0.15) is 0 Å². The minimum atomic E-state index is -3.59. The summed E-state index contributed by atoms with van der Waals surface area (Å²) >= 11 is 0. The van der Waals surface area contributed by atoms with E-state index in [1.54, 1.807) is 25.7 Å². The number of carbonyl (C=O) groups excluding carboxylic acids is 5. The molecule has 5 amide bonds. The molecule has 0 spiro atoms. The van der Waals surface area contributed by atoms with Gasteiger partial charge in [0.1, 0.15) is 12.1 Å². The Morgan fingerprint density at radius 2 is 1.55 bits per heavy atom. The summed E-state index contributed by atoms with van der Waals surface area (Å²) in [6.07, 6.45) is 8.78. The molecular weight excluding hydrogens is 719 g/mol. The maximum absolute atomic E-state index is 15.0. The normalized spacial score (nSPS) is 22.5. The molecule has 304 valence electrons. The van der Waals surface area contributed by atoms with E-state index >= 15 is 4.79 Å². The Balaban J connectivity index is 1.44. The third-order valence-electron chi connectivity index (χ3n) is 12.3. The number of rotatable bonds is 14. The van der Waals surface area contributed by atoms with Crippen LogP contribution in [0.5, 0.6) is 0 Å². The highest BCUT2D eigenvalue weighted by Crippen LogP contribution is 2.41. The molecule has 4 atom stereocenters. The van der Waals surface area contributed by atoms with Crippen molar-refractivity contribution in [1.82, 2.24) is 26.2 Å². The summed E-state index contributed by atoms with van der Waals surface area (Å²) in [5, 5.41) is 11.5. The van der Waals surface area contributed by atoms with Crippen LogP contribution in [0.15, 0.2) is 36.9 Å². The van der Waals surface area contributed by atoms with Crippen molar-refractivity contribution < 1.29 is 32.4 Å². The van der Waals surface area contributed by atoms with Crippen molar-refractivity contribution in [2.45, 2.75) is 141 Å². The molecular formula is C42H63N5O7S. The van der Waals surface area contributed by atoms with E-state index in [0.29, 0.717) is 38.5 Å². The summed E-state index contributed by atoms with van der Waals surface area (Å²) in [4.78, 5) is 71.4. The number of hydrogen-bond acceptors (Lipinski definition) is 7. The summed E-state index contributed by atoms with van der Waals surface area (Å²) in [6.45, 7) is 15.0. The lowest BCUT2D eigenvalue weighted by atomic mass is 9.76. The van der Waals surface area contributed by atoms with E-state index in [4.69, 9.17) is 0 Å². The summed E-state index contributed by atoms with van der Waals surface area (Å²) in [5.74, 6) is -2.96. The number of nitrogens with zero attached hydrogens (tertiary/aromatic N) is 1. The van der Waals surface area contributed by atoms with Gasteiger partial charge in [0.2, 0.25) is 17.6 Å². The van der Waals surface area contributed by atoms with E-state index in [2.05, 4.69) is 27.8 Å². The number of ketones is 1. The molecule has 1 aromatic carbocycles. The van der Waals surface area contributed by atoms with Crippen molar-refractivity contribution >= 4 is 39.4 Å². The smallest absolute Gasteiger partial charge is 0.315 e. The maximum Gasteiger partial charge on any atom is 0.315 e. The minimum Gasteiger partial charge on any atom is -0.346 e. The summed E-state index contributed by atoms with van der Waals surface area (Å²) in [6, 6.07) is 4.34. The monoisotopic (exact) mass is 781 g/mol. The zero-order chi connectivity index (χ0) is 40.3. The Kier molecular flexibility index (Phi) is 12.9. The van der Waals surface area contributed by atoms with Crippen molar-refractivity contribution in [2.75, 3.05) is 18.8 Å². The molecule has 1 aliphatic heterocycles. The first-order valence-corrected chi connectivity index (χ1v) is 21.8. The van der Waals surface area contributed by atoms with Crippen LogP contribution < -0.4 is 21.3 Å². The fourth-order valence-corrected chi connectivity index (χ4v) is 10.3. The van der Waals surface area contributed by atoms with Gasteiger partial charge in [-0.25, -0.2) is 13.2 Å². The maximum atomic E-state index is 15.0. The average Bonchev–Trinajstić information content (AvgIpc) is 3.62. The van der Waals surface area contributed by atoms with Crippen LogP contribution in [0, 0.1) is 23.2 Å². The molecule has 4 N–H and O–H groups in total. The zero-order valence-electron chi connectivity index (χ0n) is 33.7. The number of urea groups is 1. The second kappa shape index (κ2) is 16.8. The molecule has 1 aromatic rings. The molecule has 3 unspecified atom stereocenters. The van der Waals surface area contributed by atoms with Crippen LogP contribution in [-0.2, 0) is 41.9 Å². The summed E-state index contributed by atoms with van der Waals surface area (Å²) in [7, 11) is -3.59. The van der Waals surface area contributed by atoms with Crippen molar-refractivity contribution in [3.63, 3.8) is 0 Å². The van der Waals surface area contributed by atoms with Crippen molar-refractivity contribution in [1.29, 1.82) is 0 Å². The summed E-state index contributed by atoms with van der Waals surface area (Å²) < 4.78 is 26.0. The lowest BCUT2D eigenvalue weighted by Crippen LogP contribution is -2.63. The highest BCUT2D eigenvalue weighted by Gasteiger charge is 2.51. The summed E-state index contributed by atoms with van der Waals surface area (Å²) in [5.41, 5.74) is 0.804. The standard InChI is InChI=1S/C42H63N5O7S/c1-8-21-43-37(50)35(48)32(23-27-16-17-27)44-36(49)34-31(40(2,3)4)18-22-47(34)38(51)33(30-24-28-14-10-11-15-29(28)25-30)45-39(52)46-42(19-12-9-13-20-42)26-55(53,54)41(5,6)7/h8,10-11,14-15,27,30-34H,1,9,12-13,16-26H2,2-7H3,(H,43,50)(H,44,49)(H2,45,46,52)/t31?,32?,33-,34?/m0/s1. The first-order chi connectivity index (χ1) is 25.7. The number of hydrogen-bond donors (Lipinski definition) is 4. The fourth-order valence-electron chi connectivity index (χ4n) is 8.78. The molecule has 0 aromatic heterocycles. The third kappa shape index (κ3) is 10.2. The van der Waals surface area contributed by atoms with Crippen LogP contribution in [0.2, 0.25) is 0 Å². The lowest BCUT2D eigenvalue weighted by Gasteiger charge is -2.40. The SMILES string of the molecule is C=CCNC(=O)C(=O)C(CC1CC1)NC(=O)C1C(C(C)(C)C)CCN1C(=O)[C@@H](NC(=O)NC1(CS(=O)(=O)C(C)(C)C)CCCCC1)C1Cc2ccccc2C1. The Morgan fingerprint density at radius 3 is 2.09 bits per heavy atom. The van der Waals surface area contributed by atoms with Crippen LogP contribution >= 0.6 is 0 Å². The van der Waals surface area contributed by atoms with E-state index in [1.807, 2.05) is 45.0 Å². The third-order valence-corrected chi connectivity index (χ3v) is 15.1. The second-order valence-electron chi connectivity index (χ2n) is 18.6. The number of sulfone groups is 1. The van der Waals surface area contributed by atoms with E-state index < -0.39 is 73.2 Å². The van der Waals surface area contributed by atoms with Gasteiger partial charge in [-0.05, 0) is 93.6 Å². The lowest BCUT2D eigenvalue weighted by molar-refractivity contribution is -0.144. The molecule has 1 heterocycles. The predicted octanol–water partition coefficient (Wildman–Crippen LogP) is 4.40. The van der Waals surface area contributed by atoms with E-state index in [1.165, 1.54) is 6.08 Å². The molecule has 13 heteroatoms. The molecule has 0 radical (unpaired) electrons. The first-order valence-electron chi connectivity index (χ1n) is 20.2. The van der Waals surface area contributed by atoms with Crippen LogP contribution in [-0.4, -0.2) is 90.1 Å². The van der Waals surface area contributed by atoms with Gasteiger partial charge >= 0.3 is 6.03 Å².